The van der Waals surface area contributed by atoms with Gasteiger partial charge >= 0.3 is 0 Å². The molecule has 16 nitrogen and oxygen atoms in total. The summed E-state index contributed by atoms with van der Waals surface area (Å²) >= 11 is 3.61. The van der Waals surface area contributed by atoms with Crippen LogP contribution in [0.5, 0.6) is 11.5 Å². The molecule has 0 radical (unpaired) electrons. The van der Waals surface area contributed by atoms with Crippen LogP contribution >= 0.6 is 23.1 Å². The average Bonchev–Trinajstić information content (AvgIpc) is 3.68. The zero-order valence-electron chi connectivity index (χ0n) is 39.2. The van der Waals surface area contributed by atoms with Crippen LogP contribution in [0.2, 0.25) is 0 Å². The summed E-state index contributed by atoms with van der Waals surface area (Å²) < 4.78 is 26.4. The highest BCUT2D eigenvalue weighted by molar-refractivity contribution is 9.10. The molecule has 3 N–H and O–H groups in total. The van der Waals surface area contributed by atoms with Crippen LogP contribution < -0.4 is 35.6 Å². The summed E-state index contributed by atoms with van der Waals surface area (Å²) in [5, 5.41) is 10.7. The van der Waals surface area contributed by atoms with E-state index in [1.54, 1.807) is 43.8 Å². The normalized spacial score (nSPS) is 18.5. The van der Waals surface area contributed by atoms with Gasteiger partial charge in [-0.05, 0) is 104 Å². The van der Waals surface area contributed by atoms with Gasteiger partial charge in [0.2, 0.25) is 17.8 Å². The van der Waals surface area contributed by atoms with Crippen molar-refractivity contribution in [2.75, 3.05) is 88.4 Å². The van der Waals surface area contributed by atoms with E-state index < -0.39 is 19.1 Å². The molecule has 3 aromatic carbocycles. The van der Waals surface area contributed by atoms with E-state index in [9.17, 15) is 18.9 Å². The number of imide groups is 1. The average molecular weight is 1010 g/mol. The van der Waals surface area contributed by atoms with Crippen molar-refractivity contribution in [2.24, 2.45) is 0 Å². The fraction of sp³-hybridized carbons (Fsp3) is 0.440. The molecule has 4 aliphatic heterocycles. The molecule has 3 amide bonds. The third kappa shape index (κ3) is 10.2. The lowest BCUT2D eigenvalue weighted by Crippen LogP contribution is -2.53. The predicted octanol–water partition coefficient (Wildman–Crippen LogP) is 7.30. The number of rotatable bonds is 16. The first kappa shape index (κ1) is 47.5. The van der Waals surface area contributed by atoms with Gasteiger partial charge in [-0.2, -0.15) is 4.98 Å². The molecule has 0 spiro atoms. The van der Waals surface area contributed by atoms with Gasteiger partial charge in [0.1, 0.15) is 30.5 Å². The molecule has 1 unspecified atom stereocenters. The molecule has 9 rings (SSSR count). The molecule has 4 aliphatic rings. The third-order valence-corrected chi connectivity index (χ3v) is 15.8. The Bertz CT molecular complexity index is 2760. The van der Waals surface area contributed by atoms with Crippen molar-refractivity contribution in [1.82, 2.24) is 35.0 Å². The molecule has 0 aliphatic carbocycles. The lowest BCUT2D eigenvalue weighted by molar-refractivity contribution is -0.136. The summed E-state index contributed by atoms with van der Waals surface area (Å²) in [6.45, 7) is 13.8. The van der Waals surface area contributed by atoms with Crippen LogP contribution in [0.1, 0.15) is 66.9 Å². The van der Waals surface area contributed by atoms with Gasteiger partial charge in [0.15, 0.2) is 0 Å². The second-order valence-electron chi connectivity index (χ2n) is 18.4. The fourth-order valence-corrected chi connectivity index (χ4v) is 11.9. The number of fused-ring (bicyclic) bond motifs is 2. The molecular formula is C50H60BrN10O6P. The number of piperidine rings is 2. The fourth-order valence-electron chi connectivity index (χ4n) is 10.2. The van der Waals surface area contributed by atoms with Gasteiger partial charge in [0.25, 0.3) is 5.91 Å². The van der Waals surface area contributed by atoms with Crippen molar-refractivity contribution < 1.29 is 28.4 Å². The number of piperazine rings is 1. The zero-order chi connectivity index (χ0) is 47.5. The Morgan fingerprint density at radius 1 is 0.882 bits per heavy atom. The molecule has 3 saturated heterocycles. The number of para-hydroxylation sites is 1. The van der Waals surface area contributed by atoms with Crippen LogP contribution in [0.4, 0.5) is 28.8 Å². The molecule has 18 heteroatoms. The van der Waals surface area contributed by atoms with E-state index >= 15 is 0 Å². The molecule has 3 fully saturated rings. The number of carbonyl (C=O) groups excluding carboxylic acids is 3. The lowest BCUT2D eigenvalue weighted by Gasteiger charge is -2.43. The minimum absolute atomic E-state index is 0.187. The summed E-state index contributed by atoms with van der Waals surface area (Å²) in [5.41, 5.74) is 6.00. The number of amides is 3. The molecular weight excluding hydrogens is 947 g/mol. The van der Waals surface area contributed by atoms with E-state index in [4.69, 9.17) is 14.5 Å². The molecule has 358 valence electrons. The number of nitrogens with zero attached hydrogens (tertiary/aromatic N) is 7. The van der Waals surface area contributed by atoms with Gasteiger partial charge < -0.3 is 39.4 Å². The summed E-state index contributed by atoms with van der Waals surface area (Å²) in [7, 11) is -1.02. The van der Waals surface area contributed by atoms with Crippen molar-refractivity contribution >= 4 is 85.8 Å². The van der Waals surface area contributed by atoms with Crippen molar-refractivity contribution in [3.8, 4) is 11.5 Å². The first-order valence-electron chi connectivity index (χ1n) is 23.7. The SMILES string of the molecule is CCc1cc(Nc2ncc(Br)c(Nc3cnc4ccccc4c3P(C)(C)=O)n2)c(OC)cc1N1CCC(N2CCN(CCCCOc3cccc4c3CN(C3CCC(=O)NC3=O)C4=O)CC2)CC1. The Morgan fingerprint density at radius 3 is 2.43 bits per heavy atom. The Labute approximate surface area is 406 Å². The standard InChI is InChI=1S/C50H60BrN10O6P/c1-5-32-27-39(55-50-53-29-37(51)47(57-50)54-40-30-52-38-13-7-6-11-35(38)46(40)68(3,4)65)44(66-2)28-42(32)60-20-17-33(18-21-60)59-24-22-58(23-25-59)19-8-9-26-67-43-14-10-12-34-36(43)31-61(49(34)64)41-15-16-45(62)56-48(41)63/h6-7,10-14,27-30,33,41H,5,8-9,15-26,31H2,1-4H3,(H,56,62,63)(H2,53,54,55,57). The van der Waals surface area contributed by atoms with Crippen molar-refractivity contribution in [1.29, 1.82) is 0 Å². The summed E-state index contributed by atoms with van der Waals surface area (Å²) in [6, 6.07) is 17.4. The van der Waals surface area contributed by atoms with Gasteiger partial charge in [-0.1, -0.05) is 31.2 Å². The second kappa shape index (κ2) is 20.5. The van der Waals surface area contributed by atoms with Gasteiger partial charge in [0, 0.05) is 91.5 Å². The number of aryl methyl sites for hydroxylation is 1. The third-order valence-electron chi connectivity index (χ3n) is 13.7. The van der Waals surface area contributed by atoms with E-state index in [1.165, 1.54) is 11.3 Å². The monoisotopic (exact) mass is 1010 g/mol. The maximum atomic E-state index is 13.6. The maximum Gasteiger partial charge on any atom is 0.255 e. The van der Waals surface area contributed by atoms with Gasteiger partial charge in [-0.15, -0.1) is 0 Å². The zero-order valence-corrected chi connectivity index (χ0v) is 41.7. The van der Waals surface area contributed by atoms with Crippen molar-refractivity contribution in [3.63, 3.8) is 0 Å². The highest BCUT2D eigenvalue weighted by atomic mass is 79.9. The van der Waals surface area contributed by atoms with Crippen LogP contribution in [-0.4, -0.2) is 132 Å². The number of aromatic nitrogens is 3. The highest BCUT2D eigenvalue weighted by Gasteiger charge is 2.40. The van der Waals surface area contributed by atoms with Crippen LogP contribution in [0.25, 0.3) is 10.9 Å². The molecule has 68 heavy (non-hydrogen) atoms. The maximum absolute atomic E-state index is 13.6. The van der Waals surface area contributed by atoms with Crippen LogP contribution in [0.3, 0.4) is 0 Å². The lowest BCUT2D eigenvalue weighted by atomic mass is 9.99. The van der Waals surface area contributed by atoms with E-state index in [0.717, 1.165) is 105 Å². The summed E-state index contributed by atoms with van der Waals surface area (Å²) in [5.74, 6) is 1.42. The smallest absolute Gasteiger partial charge is 0.255 e. The quantitative estimate of drug-likeness (QED) is 0.0511. The molecule has 2 aromatic heterocycles. The number of hydrogen-bond acceptors (Lipinski definition) is 14. The number of hydrogen-bond donors (Lipinski definition) is 3. The Kier molecular flexibility index (Phi) is 14.3. The number of pyridine rings is 1. The number of unbranched alkanes of at least 4 members (excludes halogenated alkanes) is 1. The van der Waals surface area contributed by atoms with E-state index in [2.05, 4.69) is 75.6 Å². The minimum atomic E-state index is -2.71. The number of methoxy groups -OCH3 is 1. The molecule has 0 bridgehead atoms. The number of benzene rings is 3. The van der Waals surface area contributed by atoms with Crippen LogP contribution in [0.15, 0.2) is 71.5 Å². The summed E-state index contributed by atoms with van der Waals surface area (Å²) in [4.78, 5) is 60.7. The van der Waals surface area contributed by atoms with Gasteiger partial charge in [-0.25, -0.2) is 4.98 Å². The molecule has 5 aromatic rings. The number of anilines is 5. The molecule has 0 saturated carbocycles. The number of nitrogens with one attached hydrogen (secondary N) is 3. The van der Waals surface area contributed by atoms with Crippen LogP contribution in [0, 0.1) is 0 Å². The minimum Gasteiger partial charge on any atom is -0.494 e. The Morgan fingerprint density at radius 2 is 1.68 bits per heavy atom. The van der Waals surface area contributed by atoms with Gasteiger partial charge in [-0.3, -0.25) is 29.6 Å². The number of ether oxygens (including phenoxy) is 2. The van der Waals surface area contributed by atoms with Crippen molar-refractivity contribution in [2.45, 2.75) is 70.5 Å². The highest BCUT2D eigenvalue weighted by Crippen LogP contribution is 2.42. The first-order chi connectivity index (χ1) is 32.9. The number of halogens is 1. The topological polar surface area (TPSA) is 174 Å². The Balaban J connectivity index is 0.746. The summed E-state index contributed by atoms with van der Waals surface area (Å²) in [6.07, 6.45) is 8.96. The number of carbonyl (C=O) groups is 3. The van der Waals surface area contributed by atoms with E-state index in [0.29, 0.717) is 64.6 Å². The molecule has 6 heterocycles. The second-order valence-corrected chi connectivity index (χ2v) is 22.4. The Hall–Kier alpha value is -5.61. The largest absolute Gasteiger partial charge is 0.494 e. The van der Waals surface area contributed by atoms with Crippen molar-refractivity contribution in [3.05, 3.63) is 88.2 Å². The van der Waals surface area contributed by atoms with E-state index in [-0.39, 0.29) is 18.2 Å². The van der Waals surface area contributed by atoms with E-state index in [1.807, 2.05) is 36.4 Å². The molecule has 1 atom stereocenters. The first-order valence-corrected chi connectivity index (χ1v) is 27.1. The van der Waals surface area contributed by atoms with Gasteiger partial charge in [0.05, 0.1) is 47.8 Å². The van der Waals surface area contributed by atoms with Crippen LogP contribution in [-0.2, 0) is 27.1 Å². The predicted molar refractivity (Wildman–Crippen MR) is 270 cm³/mol.